The van der Waals surface area contributed by atoms with E-state index in [4.69, 9.17) is 4.74 Å². The van der Waals surface area contributed by atoms with Gasteiger partial charge in [0.25, 0.3) is 5.91 Å². The van der Waals surface area contributed by atoms with Crippen molar-refractivity contribution in [1.29, 1.82) is 0 Å². The number of thioether (sulfide) groups is 2. The number of nitrogens with one attached hydrogen (secondary N) is 1. The topological polar surface area (TPSA) is 38.3 Å². The predicted octanol–water partition coefficient (Wildman–Crippen LogP) is 2.66. The van der Waals surface area contributed by atoms with Gasteiger partial charge >= 0.3 is 0 Å². The Morgan fingerprint density at radius 2 is 2.32 bits per heavy atom. The molecule has 1 aliphatic rings. The predicted molar refractivity (Wildman–Crippen MR) is 82.2 cm³/mol. The molecule has 1 atom stereocenters. The molecule has 0 saturated carbocycles. The summed E-state index contributed by atoms with van der Waals surface area (Å²) in [5.74, 6) is 2.04. The fraction of sp³-hybridized carbons (Fsp3) is 0.500. The first kappa shape index (κ1) is 14.8. The Kier molecular flexibility index (Phi) is 5.19. The molecule has 1 amide bonds. The number of hydrogen-bond acceptors (Lipinski definition) is 4. The standard InChI is InChI=1S/C14H19NO2S2/c1-17-14(7-8-19-10-14)9-15-13(16)11-5-3-4-6-12(11)18-2/h3-6H,7-10H2,1-2H3,(H,15,16). The van der Waals surface area contributed by atoms with Gasteiger partial charge in [0.15, 0.2) is 0 Å². The van der Waals surface area contributed by atoms with E-state index in [9.17, 15) is 4.79 Å². The molecule has 1 N–H and O–H groups in total. The van der Waals surface area contributed by atoms with E-state index in [0.29, 0.717) is 6.54 Å². The first-order chi connectivity index (χ1) is 9.21. The lowest BCUT2D eigenvalue weighted by molar-refractivity contribution is 0.0137. The molecule has 1 aromatic carbocycles. The summed E-state index contributed by atoms with van der Waals surface area (Å²) in [5.41, 5.74) is 0.557. The summed E-state index contributed by atoms with van der Waals surface area (Å²) in [7, 11) is 1.73. The summed E-state index contributed by atoms with van der Waals surface area (Å²) in [6, 6.07) is 7.68. The lowest BCUT2D eigenvalue weighted by Gasteiger charge is -2.26. The number of benzene rings is 1. The van der Waals surface area contributed by atoms with E-state index in [-0.39, 0.29) is 11.5 Å². The zero-order valence-corrected chi connectivity index (χ0v) is 12.9. The van der Waals surface area contributed by atoms with E-state index in [2.05, 4.69) is 5.32 Å². The lowest BCUT2D eigenvalue weighted by Crippen LogP contribution is -2.44. The average molecular weight is 297 g/mol. The monoisotopic (exact) mass is 297 g/mol. The second-order valence-electron chi connectivity index (χ2n) is 4.57. The van der Waals surface area contributed by atoms with Gasteiger partial charge in [0.2, 0.25) is 0 Å². The van der Waals surface area contributed by atoms with Crippen LogP contribution in [0.4, 0.5) is 0 Å². The molecule has 0 aromatic heterocycles. The van der Waals surface area contributed by atoms with Crippen LogP contribution in [0.15, 0.2) is 29.2 Å². The molecule has 5 heteroatoms. The van der Waals surface area contributed by atoms with E-state index >= 15 is 0 Å². The van der Waals surface area contributed by atoms with Crippen LogP contribution in [-0.4, -0.2) is 42.9 Å². The Hall–Kier alpha value is -0.650. The van der Waals surface area contributed by atoms with Crippen molar-refractivity contribution in [1.82, 2.24) is 5.32 Å². The Balaban J connectivity index is 2.01. The van der Waals surface area contributed by atoms with Crippen LogP contribution in [0.1, 0.15) is 16.8 Å². The molecule has 0 radical (unpaired) electrons. The largest absolute Gasteiger partial charge is 0.376 e. The number of carbonyl (C=O) groups excluding carboxylic acids is 1. The van der Waals surface area contributed by atoms with Gasteiger partial charge in [-0.1, -0.05) is 12.1 Å². The summed E-state index contributed by atoms with van der Waals surface area (Å²) in [4.78, 5) is 13.3. The molecule has 1 fully saturated rings. The van der Waals surface area contributed by atoms with Crippen LogP contribution in [0.25, 0.3) is 0 Å². The maximum Gasteiger partial charge on any atom is 0.252 e. The molecular formula is C14H19NO2S2. The lowest BCUT2D eigenvalue weighted by atomic mass is 10.0. The first-order valence-corrected chi connectivity index (χ1v) is 8.63. The highest BCUT2D eigenvalue weighted by atomic mass is 32.2. The molecule has 3 nitrogen and oxygen atoms in total. The molecule has 1 unspecified atom stereocenters. The van der Waals surface area contributed by atoms with Gasteiger partial charge < -0.3 is 10.1 Å². The highest BCUT2D eigenvalue weighted by Gasteiger charge is 2.34. The van der Waals surface area contributed by atoms with Crippen molar-refractivity contribution < 1.29 is 9.53 Å². The molecule has 19 heavy (non-hydrogen) atoms. The number of carbonyl (C=O) groups is 1. The highest BCUT2D eigenvalue weighted by Crippen LogP contribution is 2.30. The molecule has 1 aromatic rings. The van der Waals surface area contributed by atoms with Crippen molar-refractivity contribution in [3.8, 4) is 0 Å². The zero-order valence-electron chi connectivity index (χ0n) is 11.3. The highest BCUT2D eigenvalue weighted by molar-refractivity contribution is 7.99. The van der Waals surface area contributed by atoms with Crippen LogP contribution >= 0.6 is 23.5 Å². The molecule has 1 aliphatic heterocycles. The van der Waals surface area contributed by atoms with Crippen molar-refractivity contribution in [2.75, 3.05) is 31.4 Å². The summed E-state index contributed by atoms with van der Waals surface area (Å²) in [6.45, 7) is 0.581. The molecule has 2 rings (SSSR count). The van der Waals surface area contributed by atoms with E-state index < -0.39 is 0 Å². The van der Waals surface area contributed by atoms with Gasteiger partial charge in [-0.15, -0.1) is 11.8 Å². The van der Waals surface area contributed by atoms with Gasteiger partial charge in [-0.25, -0.2) is 0 Å². The number of ether oxygens (including phenoxy) is 1. The van der Waals surface area contributed by atoms with E-state index in [0.717, 1.165) is 28.4 Å². The third kappa shape index (κ3) is 3.46. The molecule has 1 saturated heterocycles. The quantitative estimate of drug-likeness (QED) is 0.848. The van der Waals surface area contributed by atoms with Gasteiger partial charge in [-0.3, -0.25) is 4.79 Å². The van der Waals surface area contributed by atoms with Crippen molar-refractivity contribution in [3.05, 3.63) is 29.8 Å². The Morgan fingerprint density at radius 3 is 2.95 bits per heavy atom. The smallest absolute Gasteiger partial charge is 0.252 e. The molecule has 104 valence electrons. The maximum atomic E-state index is 12.3. The van der Waals surface area contributed by atoms with Gasteiger partial charge in [0.05, 0.1) is 11.2 Å². The van der Waals surface area contributed by atoms with Crippen LogP contribution < -0.4 is 5.32 Å². The molecule has 0 bridgehead atoms. The number of hydrogen-bond donors (Lipinski definition) is 1. The molecule has 0 aliphatic carbocycles. The van der Waals surface area contributed by atoms with Crippen molar-refractivity contribution in [2.24, 2.45) is 0 Å². The van der Waals surface area contributed by atoms with Crippen molar-refractivity contribution >= 4 is 29.4 Å². The summed E-state index contributed by atoms with van der Waals surface area (Å²) >= 11 is 3.47. The minimum Gasteiger partial charge on any atom is -0.376 e. The number of methoxy groups -OCH3 is 1. The van der Waals surface area contributed by atoms with Crippen LogP contribution in [0.5, 0.6) is 0 Å². The fourth-order valence-electron chi connectivity index (χ4n) is 2.13. The Labute approximate surface area is 122 Å². The SMILES string of the molecule is COC1(CNC(=O)c2ccccc2SC)CCSC1. The summed E-state index contributed by atoms with van der Waals surface area (Å²) in [5, 5.41) is 3.02. The van der Waals surface area contributed by atoms with Gasteiger partial charge in [-0.05, 0) is 30.6 Å². The number of rotatable bonds is 5. The fourth-order valence-corrected chi connectivity index (χ4v) is 4.12. The average Bonchev–Trinajstić information content (AvgIpc) is 2.94. The van der Waals surface area contributed by atoms with Gasteiger partial charge in [0.1, 0.15) is 0 Å². The van der Waals surface area contributed by atoms with Crippen LogP contribution in [-0.2, 0) is 4.74 Å². The van der Waals surface area contributed by atoms with Crippen LogP contribution in [0, 0.1) is 0 Å². The molecule has 0 spiro atoms. The minimum absolute atomic E-state index is 0.0155. The molecule has 1 heterocycles. The minimum atomic E-state index is -0.186. The van der Waals surface area contributed by atoms with Gasteiger partial charge in [0, 0.05) is 24.3 Å². The van der Waals surface area contributed by atoms with E-state index in [1.807, 2.05) is 42.3 Å². The second kappa shape index (κ2) is 6.68. The van der Waals surface area contributed by atoms with E-state index in [1.54, 1.807) is 18.9 Å². The second-order valence-corrected chi connectivity index (χ2v) is 6.53. The number of amides is 1. The van der Waals surface area contributed by atoms with Crippen LogP contribution in [0.3, 0.4) is 0 Å². The van der Waals surface area contributed by atoms with Crippen LogP contribution in [0.2, 0.25) is 0 Å². The van der Waals surface area contributed by atoms with Crippen molar-refractivity contribution in [2.45, 2.75) is 16.9 Å². The summed E-state index contributed by atoms with van der Waals surface area (Å²) < 4.78 is 5.60. The molecular weight excluding hydrogens is 278 g/mol. The van der Waals surface area contributed by atoms with E-state index in [1.165, 1.54) is 0 Å². The maximum absolute atomic E-state index is 12.3. The Morgan fingerprint density at radius 1 is 1.53 bits per heavy atom. The van der Waals surface area contributed by atoms with Crippen molar-refractivity contribution in [3.63, 3.8) is 0 Å². The third-order valence-electron chi connectivity index (χ3n) is 3.42. The zero-order chi connectivity index (χ0) is 13.7. The Bertz CT molecular complexity index is 445. The van der Waals surface area contributed by atoms with Gasteiger partial charge in [-0.2, -0.15) is 11.8 Å². The first-order valence-electron chi connectivity index (χ1n) is 6.25. The third-order valence-corrected chi connectivity index (χ3v) is 5.44. The summed E-state index contributed by atoms with van der Waals surface area (Å²) in [6.07, 6.45) is 2.98. The normalized spacial score (nSPS) is 22.4.